The minimum Gasteiger partial charge on any atom is -0.469 e. The lowest BCUT2D eigenvalue weighted by Gasteiger charge is -2.30. The smallest absolute Gasteiger partial charge is 0.313 e. The Morgan fingerprint density at radius 3 is 2.48 bits per heavy atom. The molecule has 0 aromatic heterocycles. The van der Waals surface area contributed by atoms with Gasteiger partial charge in [-0.15, -0.1) is 0 Å². The summed E-state index contributed by atoms with van der Waals surface area (Å²) in [5, 5.41) is 0. The van der Waals surface area contributed by atoms with Crippen molar-refractivity contribution in [2.45, 2.75) is 18.9 Å². The SMILES string of the molecule is COC[C@@H](c1ccccc1)N(C=O)CC1(C(=O)OC)CC1. The number of carbonyl (C=O) groups is 2. The van der Waals surface area contributed by atoms with Gasteiger partial charge < -0.3 is 14.4 Å². The molecule has 5 heteroatoms. The van der Waals surface area contributed by atoms with Gasteiger partial charge in [0, 0.05) is 13.7 Å². The zero-order chi connectivity index (χ0) is 15.3. The van der Waals surface area contributed by atoms with Crippen LogP contribution in [0, 0.1) is 5.41 Å². The molecule has 21 heavy (non-hydrogen) atoms. The number of amides is 1. The van der Waals surface area contributed by atoms with Gasteiger partial charge >= 0.3 is 5.97 Å². The van der Waals surface area contributed by atoms with Crippen molar-refractivity contribution in [3.05, 3.63) is 35.9 Å². The zero-order valence-electron chi connectivity index (χ0n) is 12.5. The average Bonchev–Trinajstić information content (AvgIpc) is 3.31. The summed E-state index contributed by atoms with van der Waals surface area (Å²) in [6, 6.07) is 9.49. The first kappa shape index (κ1) is 15.5. The van der Waals surface area contributed by atoms with Crippen molar-refractivity contribution in [1.29, 1.82) is 0 Å². The van der Waals surface area contributed by atoms with Gasteiger partial charge in [0.2, 0.25) is 6.41 Å². The summed E-state index contributed by atoms with van der Waals surface area (Å²) in [6.07, 6.45) is 2.32. The molecule has 0 bridgehead atoms. The molecular weight excluding hydrogens is 270 g/mol. The fourth-order valence-corrected chi connectivity index (χ4v) is 2.58. The predicted octanol–water partition coefficient (Wildman–Crippen LogP) is 1.79. The third-order valence-corrected chi connectivity index (χ3v) is 4.00. The van der Waals surface area contributed by atoms with Gasteiger partial charge in [-0.25, -0.2) is 0 Å². The van der Waals surface area contributed by atoms with Crippen LogP contribution in [-0.4, -0.2) is 44.7 Å². The number of methoxy groups -OCH3 is 2. The molecule has 0 N–H and O–H groups in total. The van der Waals surface area contributed by atoms with E-state index in [1.165, 1.54) is 7.11 Å². The van der Waals surface area contributed by atoms with Gasteiger partial charge in [-0.05, 0) is 18.4 Å². The normalized spacial score (nSPS) is 16.9. The molecule has 1 aromatic rings. The maximum atomic E-state index is 11.9. The van der Waals surface area contributed by atoms with Crippen LogP contribution in [0.4, 0.5) is 0 Å². The van der Waals surface area contributed by atoms with Crippen LogP contribution in [0.3, 0.4) is 0 Å². The van der Waals surface area contributed by atoms with Gasteiger partial charge in [0.15, 0.2) is 0 Å². The summed E-state index contributed by atoms with van der Waals surface area (Å²) in [4.78, 5) is 25.0. The highest BCUT2D eigenvalue weighted by Crippen LogP contribution is 2.48. The Morgan fingerprint density at radius 1 is 1.33 bits per heavy atom. The molecule has 114 valence electrons. The third kappa shape index (κ3) is 3.42. The highest BCUT2D eigenvalue weighted by atomic mass is 16.5. The van der Waals surface area contributed by atoms with Crippen LogP contribution in [0.25, 0.3) is 0 Å². The molecule has 0 heterocycles. The van der Waals surface area contributed by atoms with Crippen LogP contribution in [0.15, 0.2) is 30.3 Å². The number of benzene rings is 1. The Hall–Kier alpha value is -1.88. The number of rotatable bonds is 8. The summed E-state index contributed by atoms with van der Waals surface area (Å²) in [6.45, 7) is 0.756. The van der Waals surface area contributed by atoms with E-state index in [9.17, 15) is 9.59 Å². The monoisotopic (exact) mass is 291 g/mol. The summed E-state index contributed by atoms with van der Waals surface area (Å²) >= 11 is 0. The Labute approximate surface area is 124 Å². The van der Waals surface area contributed by atoms with E-state index in [-0.39, 0.29) is 12.0 Å². The van der Waals surface area contributed by atoms with Crippen molar-refractivity contribution >= 4 is 12.4 Å². The quantitative estimate of drug-likeness (QED) is 0.541. The van der Waals surface area contributed by atoms with Crippen LogP contribution < -0.4 is 0 Å². The van der Waals surface area contributed by atoms with E-state index in [1.807, 2.05) is 30.3 Å². The van der Waals surface area contributed by atoms with Crippen LogP contribution in [-0.2, 0) is 19.1 Å². The van der Waals surface area contributed by atoms with Crippen LogP contribution >= 0.6 is 0 Å². The summed E-state index contributed by atoms with van der Waals surface area (Å²) in [7, 11) is 2.99. The van der Waals surface area contributed by atoms with Crippen LogP contribution in [0.1, 0.15) is 24.4 Å². The van der Waals surface area contributed by atoms with Gasteiger partial charge in [0.25, 0.3) is 0 Å². The second kappa shape index (κ2) is 6.72. The molecule has 1 fully saturated rings. The van der Waals surface area contributed by atoms with Crippen molar-refractivity contribution in [3.8, 4) is 0 Å². The maximum Gasteiger partial charge on any atom is 0.313 e. The van der Waals surface area contributed by atoms with Gasteiger partial charge in [0.05, 0.1) is 25.2 Å². The molecule has 0 aliphatic heterocycles. The molecule has 1 aliphatic rings. The van der Waals surface area contributed by atoms with Gasteiger partial charge in [-0.2, -0.15) is 0 Å². The minimum absolute atomic E-state index is 0.198. The largest absolute Gasteiger partial charge is 0.469 e. The van der Waals surface area contributed by atoms with Gasteiger partial charge in [0.1, 0.15) is 0 Å². The van der Waals surface area contributed by atoms with E-state index >= 15 is 0 Å². The minimum atomic E-state index is -0.531. The van der Waals surface area contributed by atoms with E-state index in [2.05, 4.69) is 0 Å². The van der Waals surface area contributed by atoms with Crippen molar-refractivity contribution in [1.82, 2.24) is 4.90 Å². The first-order valence-corrected chi connectivity index (χ1v) is 7.00. The fourth-order valence-electron chi connectivity index (χ4n) is 2.58. The second-order valence-corrected chi connectivity index (χ2v) is 5.43. The molecule has 5 nitrogen and oxygen atoms in total. The first-order chi connectivity index (χ1) is 10.2. The van der Waals surface area contributed by atoms with Crippen LogP contribution in [0.5, 0.6) is 0 Å². The van der Waals surface area contributed by atoms with E-state index in [0.29, 0.717) is 13.2 Å². The highest BCUT2D eigenvalue weighted by molar-refractivity contribution is 5.80. The number of hydrogen-bond acceptors (Lipinski definition) is 4. The Bertz CT molecular complexity index is 484. The topological polar surface area (TPSA) is 55.8 Å². The molecule has 1 aliphatic carbocycles. The molecule has 0 radical (unpaired) electrons. The Balaban J connectivity index is 2.17. The molecule has 2 rings (SSSR count). The first-order valence-electron chi connectivity index (χ1n) is 7.00. The standard InChI is InChI=1S/C16H21NO4/c1-20-10-14(13-6-4-3-5-7-13)17(12-18)11-16(8-9-16)15(19)21-2/h3-7,12,14H,8-11H2,1-2H3/t14-/m0/s1. The van der Waals surface area contributed by atoms with Gasteiger partial charge in [-0.3, -0.25) is 9.59 Å². The second-order valence-electron chi connectivity index (χ2n) is 5.43. The number of ether oxygens (including phenoxy) is 2. The Morgan fingerprint density at radius 2 is 2.00 bits per heavy atom. The number of esters is 1. The Kier molecular flexibility index (Phi) is 4.96. The van der Waals surface area contributed by atoms with Crippen molar-refractivity contribution in [2.24, 2.45) is 5.41 Å². The summed E-state index contributed by atoms with van der Waals surface area (Å²) < 4.78 is 10.1. The molecule has 1 amide bonds. The van der Waals surface area contributed by atoms with E-state index < -0.39 is 5.41 Å². The third-order valence-electron chi connectivity index (χ3n) is 4.00. The molecule has 0 unspecified atom stereocenters. The fraction of sp³-hybridized carbons (Fsp3) is 0.500. The van der Waals surface area contributed by atoms with Gasteiger partial charge in [-0.1, -0.05) is 30.3 Å². The van der Waals surface area contributed by atoms with E-state index in [1.54, 1.807) is 12.0 Å². The molecule has 1 aromatic carbocycles. The molecular formula is C16H21NO4. The van der Waals surface area contributed by atoms with Crippen molar-refractivity contribution < 1.29 is 19.1 Å². The van der Waals surface area contributed by atoms with Crippen molar-refractivity contribution in [3.63, 3.8) is 0 Å². The average molecular weight is 291 g/mol. The molecule has 1 atom stereocenters. The van der Waals surface area contributed by atoms with E-state index in [4.69, 9.17) is 9.47 Å². The number of hydrogen-bond donors (Lipinski definition) is 0. The maximum absolute atomic E-state index is 11.9. The summed E-state index contributed by atoms with van der Waals surface area (Å²) in [5.74, 6) is -0.237. The highest BCUT2D eigenvalue weighted by Gasteiger charge is 2.52. The van der Waals surface area contributed by atoms with Crippen molar-refractivity contribution in [2.75, 3.05) is 27.4 Å². The number of carbonyl (C=O) groups excluding carboxylic acids is 2. The lowest BCUT2D eigenvalue weighted by atomic mass is 10.0. The van der Waals surface area contributed by atoms with Crippen LogP contribution in [0.2, 0.25) is 0 Å². The van der Waals surface area contributed by atoms with E-state index in [0.717, 1.165) is 24.8 Å². The summed E-state index contributed by atoms with van der Waals surface area (Å²) in [5.41, 5.74) is 0.461. The molecule has 0 saturated heterocycles. The lowest BCUT2D eigenvalue weighted by molar-refractivity contribution is -0.148. The lowest BCUT2D eigenvalue weighted by Crippen LogP contribution is -2.38. The predicted molar refractivity (Wildman–Crippen MR) is 77.5 cm³/mol. The molecule has 0 spiro atoms. The number of nitrogens with zero attached hydrogens (tertiary/aromatic N) is 1. The zero-order valence-corrected chi connectivity index (χ0v) is 12.5. The molecule has 1 saturated carbocycles.